The highest BCUT2D eigenvalue weighted by Crippen LogP contribution is 2.36. The van der Waals surface area contributed by atoms with E-state index < -0.39 is 11.7 Å². The molecule has 3 heteroatoms. The molecule has 1 aromatic rings. The average Bonchev–Trinajstić information content (AvgIpc) is 2.01. The second kappa shape index (κ2) is 3.64. The molecule has 0 saturated carbocycles. The minimum atomic E-state index is -4.24. The number of halogens is 3. The first-order valence-corrected chi connectivity index (χ1v) is 4.50. The summed E-state index contributed by atoms with van der Waals surface area (Å²) >= 11 is 0. The van der Waals surface area contributed by atoms with Crippen LogP contribution in [0.5, 0.6) is 0 Å². The minimum absolute atomic E-state index is 0.104. The van der Waals surface area contributed by atoms with Gasteiger partial charge in [0.15, 0.2) is 0 Å². The van der Waals surface area contributed by atoms with Gasteiger partial charge in [0.25, 0.3) is 0 Å². The second-order valence-corrected chi connectivity index (χ2v) is 3.69. The Kier molecular flexibility index (Phi) is 2.88. The quantitative estimate of drug-likeness (QED) is 0.642. The van der Waals surface area contributed by atoms with Crippen molar-refractivity contribution in [1.29, 1.82) is 0 Å². The Hall–Kier alpha value is -0.990. The fourth-order valence-electron chi connectivity index (χ4n) is 1.69. The summed E-state index contributed by atoms with van der Waals surface area (Å²) in [5.74, 6) is -0.104. The fourth-order valence-corrected chi connectivity index (χ4v) is 1.69. The first kappa shape index (κ1) is 11.1. The van der Waals surface area contributed by atoms with Crippen LogP contribution in [0, 0.1) is 6.92 Å². The summed E-state index contributed by atoms with van der Waals surface area (Å²) in [6.45, 7) is 5.26. The second-order valence-electron chi connectivity index (χ2n) is 3.69. The van der Waals surface area contributed by atoms with Crippen LogP contribution in [0.2, 0.25) is 0 Å². The van der Waals surface area contributed by atoms with Crippen LogP contribution in [0.4, 0.5) is 13.2 Å². The Balaban J connectivity index is 3.36. The Bertz CT molecular complexity index is 324. The topological polar surface area (TPSA) is 0 Å². The van der Waals surface area contributed by atoms with E-state index in [4.69, 9.17) is 0 Å². The van der Waals surface area contributed by atoms with Crippen LogP contribution in [0.1, 0.15) is 36.5 Å². The minimum Gasteiger partial charge on any atom is -0.166 e. The monoisotopic (exact) mass is 202 g/mol. The smallest absolute Gasteiger partial charge is 0.166 e. The molecule has 14 heavy (non-hydrogen) atoms. The lowest BCUT2D eigenvalue weighted by Gasteiger charge is -2.17. The molecule has 1 rings (SSSR count). The molecule has 0 atom stereocenters. The van der Waals surface area contributed by atoms with Gasteiger partial charge in [0.1, 0.15) is 0 Å². The van der Waals surface area contributed by atoms with Gasteiger partial charge < -0.3 is 0 Å². The van der Waals surface area contributed by atoms with Gasteiger partial charge in [-0.15, -0.1) is 0 Å². The molecule has 0 aliphatic rings. The Labute approximate surface area is 81.8 Å². The molecule has 0 unspecified atom stereocenters. The molecule has 0 heterocycles. The molecule has 0 aliphatic heterocycles. The van der Waals surface area contributed by atoms with Gasteiger partial charge in [-0.05, 0) is 30.0 Å². The van der Waals surface area contributed by atoms with Crippen LogP contribution >= 0.6 is 0 Å². The molecular weight excluding hydrogens is 189 g/mol. The summed E-state index contributed by atoms with van der Waals surface area (Å²) in [6, 6.07) is 4.30. The van der Waals surface area contributed by atoms with Crippen molar-refractivity contribution in [3.05, 3.63) is 34.9 Å². The molecule has 0 N–H and O–H groups in total. The Morgan fingerprint density at radius 1 is 1.14 bits per heavy atom. The number of hydrogen-bond donors (Lipinski definition) is 0. The molecule has 0 saturated heterocycles. The third kappa shape index (κ3) is 2.08. The van der Waals surface area contributed by atoms with Crippen LogP contribution in [-0.4, -0.2) is 0 Å². The largest absolute Gasteiger partial charge is 0.416 e. The van der Waals surface area contributed by atoms with Crippen molar-refractivity contribution in [1.82, 2.24) is 0 Å². The highest BCUT2D eigenvalue weighted by molar-refractivity contribution is 5.38. The van der Waals surface area contributed by atoms with E-state index in [2.05, 4.69) is 0 Å². The van der Waals surface area contributed by atoms with Crippen LogP contribution in [0.25, 0.3) is 0 Å². The van der Waals surface area contributed by atoms with Gasteiger partial charge in [-0.25, -0.2) is 0 Å². The predicted octanol–water partition coefficient (Wildman–Crippen LogP) is 4.14. The summed E-state index contributed by atoms with van der Waals surface area (Å²) < 4.78 is 37.8. The molecule has 0 aromatic heterocycles. The molecule has 1 aromatic carbocycles. The molecule has 0 bridgehead atoms. The number of alkyl halides is 3. The zero-order chi connectivity index (χ0) is 10.9. The van der Waals surface area contributed by atoms with E-state index in [0.717, 1.165) is 6.07 Å². The first-order valence-electron chi connectivity index (χ1n) is 4.50. The van der Waals surface area contributed by atoms with Crippen LogP contribution in [-0.2, 0) is 6.18 Å². The van der Waals surface area contributed by atoms with Crippen LogP contribution < -0.4 is 0 Å². The van der Waals surface area contributed by atoms with Crippen molar-refractivity contribution in [2.24, 2.45) is 0 Å². The summed E-state index contributed by atoms with van der Waals surface area (Å²) in [5.41, 5.74) is 0.599. The van der Waals surface area contributed by atoms with E-state index >= 15 is 0 Å². The van der Waals surface area contributed by atoms with E-state index in [1.165, 1.54) is 6.07 Å². The maximum Gasteiger partial charge on any atom is 0.416 e. The average molecular weight is 202 g/mol. The van der Waals surface area contributed by atoms with Gasteiger partial charge in [-0.2, -0.15) is 13.2 Å². The number of rotatable bonds is 1. The zero-order valence-corrected chi connectivity index (χ0v) is 8.44. The molecule has 0 radical (unpaired) electrons. The lowest BCUT2D eigenvalue weighted by atomic mass is 9.92. The summed E-state index contributed by atoms with van der Waals surface area (Å²) in [7, 11) is 0. The van der Waals surface area contributed by atoms with E-state index in [1.54, 1.807) is 26.8 Å². The molecule has 0 spiro atoms. The van der Waals surface area contributed by atoms with E-state index in [0.29, 0.717) is 11.1 Å². The van der Waals surface area contributed by atoms with E-state index in [9.17, 15) is 13.2 Å². The van der Waals surface area contributed by atoms with Gasteiger partial charge in [0.2, 0.25) is 0 Å². The number of aryl methyl sites for hydroxylation is 1. The number of hydrogen-bond acceptors (Lipinski definition) is 0. The van der Waals surface area contributed by atoms with Crippen molar-refractivity contribution in [3.8, 4) is 0 Å². The molecule has 0 nitrogen and oxygen atoms in total. The van der Waals surface area contributed by atoms with E-state index in [-0.39, 0.29) is 5.92 Å². The Morgan fingerprint density at radius 2 is 1.71 bits per heavy atom. The first-order chi connectivity index (χ1) is 6.34. The summed E-state index contributed by atoms with van der Waals surface area (Å²) in [5, 5.41) is 0. The highest BCUT2D eigenvalue weighted by Gasteiger charge is 2.34. The van der Waals surface area contributed by atoms with Gasteiger partial charge in [-0.1, -0.05) is 26.0 Å². The lowest BCUT2D eigenvalue weighted by molar-refractivity contribution is -0.138. The maximum absolute atomic E-state index is 12.6. The van der Waals surface area contributed by atoms with Crippen LogP contribution in [0.3, 0.4) is 0 Å². The predicted molar refractivity (Wildman–Crippen MR) is 50.3 cm³/mol. The highest BCUT2D eigenvalue weighted by atomic mass is 19.4. The van der Waals surface area contributed by atoms with Crippen LogP contribution in [0.15, 0.2) is 18.2 Å². The normalized spacial score (nSPS) is 12.2. The lowest BCUT2D eigenvalue weighted by Crippen LogP contribution is -2.11. The molecule has 0 aliphatic carbocycles. The Morgan fingerprint density at radius 3 is 2.07 bits per heavy atom. The SMILES string of the molecule is Cc1cccc(C(F)(F)F)c1C(C)C. The molecule has 0 amide bonds. The van der Waals surface area contributed by atoms with Crippen molar-refractivity contribution >= 4 is 0 Å². The fraction of sp³-hybridized carbons (Fsp3) is 0.455. The van der Waals surface area contributed by atoms with Crippen molar-refractivity contribution in [3.63, 3.8) is 0 Å². The molecule has 0 fully saturated rings. The van der Waals surface area contributed by atoms with Crippen molar-refractivity contribution in [2.75, 3.05) is 0 Å². The van der Waals surface area contributed by atoms with Gasteiger partial charge >= 0.3 is 6.18 Å². The number of benzene rings is 1. The zero-order valence-electron chi connectivity index (χ0n) is 8.44. The van der Waals surface area contributed by atoms with Gasteiger partial charge in [-0.3, -0.25) is 0 Å². The molecule has 78 valence electrons. The van der Waals surface area contributed by atoms with Gasteiger partial charge in [0.05, 0.1) is 5.56 Å². The van der Waals surface area contributed by atoms with Crippen molar-refractivity contribution in [2.45, 2.75) is 32.9 Å². The molecular formula is C11H13F3. The van der Waals surface area contributed by atoms with E-state index in [1.807, 2.05) is 0 Å². The summed E-state index contributed by atoms with van der Waals surface area (Å²) in [6.07, 6.45) is -4.24. The standard InChI is InChI=1S/C11H13F3/c1-7(2)10-8(3)5-4-6-9(10)11(12,13)14/h4-7H,1-3H3. The third-order valence-electron chi connectivity index (χ3n) is 2.21. The van der Waals surface area contributed by atoms with Gasteiger partial charge in [0, 0.05) is 0 Å². The third-order valence-corrected chi connectivity index (χ3v) is 2.21. The maximum atomic E-state index is 12.6. The summed E-state index contributed by atoms with van der Waals surface area (Å²) in [4.78, 5) is 0. The van der Waals surface area contributed by atoms with Crippen molar-refractivity contribution < 1.29 is 13.2 Å².